The number of hydrogen-bond donors (Lipinski definition) is 1. The molecule has 1 amide bonds. The molecule has 1 aromatic carbocycles. The third-order valence-corrected chi connectivity index (χ3v) is 5.21. The Morgan fingerprint density at radius 3 is 3.00 bits per heavy atom. The van der Waals surface area contributed by atoms with E-state index in [1.807, 2.05) is 42.8 Å². The minimum absolute atomic E-state index is 0.0144. The van der Waals surface area contributed by atoms with Gasteiger partial charge in [-0.05, 0) is 50.5 Å². The summed E-state index contributed by atoms with van der Waals surface area (Å²) in [6.07, 6.45) is 2.38. The van der Waals surface area contributed by atoms with E-state index in [2.05, 4.69) is 16.5 Å². The van der Waals surface area contributed by atoms with E-state index in [0.717, 1.165) is 42.0 Å². The lowest BCUT2D eigenvalue weighted by molar-refractivity contribution is 0.00810. The number of amides is 1. The molecular formula is C19H23N3O2. The zero-order valence-electron chi connectivity index (χ0n) is 14.2. The number of carbonyl (C=O) groups is 1. The van der Waals surface area contributed by atoms with Crippen LogP contribution in [0.1, 0.15) is 40.2 Å². The van der Waals surface area contributed by atoms with Gasteiger partial charge in [0.15, 0.2) is 0 Å². The number of aryl methyl sites for hydroxylation is 2. The van der Waals surface area contributed by atoms with Gasteiger partial charge in [0.25, 0.3) is 5.91 Å². The van der Waals surface area contributed by atoms with Crippen molar-refractivity contribution in [2.45, 2.75) is 45.4 Å². The fourth-order valence-electron chi connectivity index (χ4n) is 3.83. The number of nitrogens with one attached hydrogen (secondary N) is 1. The molecule has 0 spiro atoms. The van der Waals surface area contributed by atoms with Crippen LogP contribution in [0.5, 0.6) is 0 Å². The molecule has 2 aromatic rings. The molecule has 5 nitrogen and oxygen atoms in total. The Balaban J connectivity index is 1.44. The molecule has 1 saturated carbocycles. The number of benzene rings is 1. The smallest absolute Gasteiger partial charge is 0.251 e. The van der Waals surface area contributed by atoms with Crippen molar-refractivity contribution in [1.29, 1.82) is 0 Å². The lowest BCUT2D eigenvalue weighted by Crippen LogP contribution is -2.53. The summed E-state index contributed by atoms with van der Waals surface area (Å²) in [6.45, 7) is 5.56. The number of hydrogen-bond acceptors (Lipinski definition) is 3. The van der Waals surface area contributed by atoms with Crippen molar-refractivity contribution in [2.24, 2.45) is 5.92 Å². The predicted octanol–water partition coefficient (Wildman–Crippen LogP) is 2.46. The van der Waals surface area contributed by atoms with Crippen LogP contribution in [0.2, 0.25) is 0 Å². The maximum atomic E-state index is 12.5. The molecule has 0 radical (unpaired) electrons. The first-order valence-electron chi connectivity index (χ1n) is 8.62. The Morgan fingerprint density at radius 1 is 1.38 bits per heavy atom. The first-order chi connectivity index (χ1) is 11.6. The standard InChI is InChI=1S/C19H23N3O2/c1-12-8-13(2)22(21-12)11-14-4-3-5-15(9-14)19(23)20-17-10-18-16(17)6-7-24-18/h3-5,8-9,16-18H,6-7,10-11H2,1-2H3,(H,20,23)/t16-,17-,18+/m1/s1. The van der Waals surface area contributed by atoms with Crippen molar-refractivity contribution < 1.29 is 9.53 Å². The van der Waals surface area contributed by atoms with Crippen molar-refractivity contribution in [2.75, 3.05) is 6.61 Å². The summed E-state index contributed by atoms with van der Waals surface area (Å²) in [6, 6.07) is 10.2. The van der Waals surface area contributed by atoms with Crippen molar-refractivity contribution in [3.8, 4) is 0 Å². The monoisotopic (exact) mass is 325 g/mol. The van der Waals surface area contributed by atoms with Gasteiger partial charge >= 0.3 is 0 Å². The number of aromatic nitrogens is 2. The van der Waals surface area contributed by atoms with E-state index in [1.54, 1.807) is 0 Å². The van der Waals surface area contributed by atoms with Gasteiger partial charge in [0.05, 0.1) is 18.3 Å². The molecule has 4 rings (SSSR count). The SMILES string of the molecule is Cc1cc(C)n(Cc2cccc(C(=O)N[C@@H]3C[C@@H]4OCC[C@@H]43)c2)n1. The largest absolute Gasteiger partial charge is 0.378 e. The minimum Gasteiger partial charge on any atom is -0.378 e. The predicted molar refractivity (Wildman–Crippen MR) is 91.0 cm³/mol. The topological polar surface area (TPSA) is 56.2 Å². The average Bonchev–Trinajstić information content (AvgIpc) is 3.07. The quantitative estimate of drug-likeness (QED) is 0.939. The van der Waals surface area contributed by atoms with Crippen LogP contribution in [0.4, 0.5) is 0 Å². The highest BCUT2D eigenvalue weighted by Crippen LogP contribution is 2.38. The molecular weight excluding hydrogens is 302 g/mol. The lowest BCUT2D eigenvalue weighted by Gasteiger charge is -2.39. The summed E-state index contributed by atoms with van der Waals surface area (Å²) < 4.78 is 7.58. The second kappa shape index (κ2) is 6.06. The zero-order valence-corrected chi connectivity index (χ0v) is 14.2. The molecule has 1 aliphatic heterocycles. The molecule has 2 aliphatic rings. The van der Waals surface area contributed by atoms with E-state index in [-0.39, 0.29) is 11.9 Å². The molecule has 0 bridgehead atoms. The number of fused-ring (bicyclic) bond motifs is 1. The highest BCUT2D eigenvalue weighted by Gasteiger charge is 2.45. The Labute approximate surface area is 142 Å². The van der Waals surface area contributed by atoms with E-state index < -0.39 is 0 Å². The second-order valence-corrected chi connectivity index (χ2v) is 6.96. The number of nitrogens with zero attached hydrogens (tertiary/aromatic N) is 2. The first-order valence-corrected chi connectivity index (χ1v) is 8.62. The van der Waals surface area contributed by atoms with Gasteiger partial charge in [-0.25, -0.2) is 0 Å². The van der Waals surface area contributed by atoms with Crippen LogP contribution in [0, 0.1) is 19.8 Å². The van der Waals surface area contributed by atoms with E-state index in [4.69, 9.17) is 4.74 Å². The lowest BCUT2D eigenvalue weighted by atomic mass is 9.76. The van der Waals surface area contributed by atoms with Crippen molar-refractivity contribution in [1.82, 2.24) is 15.1 Å². The second-order valence-electron chi connectivity index (χ2n) is 6.96. The summed E-state index contributed by atoms with van der Waals surface area (Å²) in [4.78, 5) is 12.5. The van der Waals surface area contributed by atoms with Crippen molar-refractivity contribution >= 4 is 5.91 Å². The van der Waals surface area contributed by atoms with E-state index in [0.29, 0.717) is 18.6 Å². The van der Waals surface area contributed by atoms with Crippen LogP contribution >= 0.6 is 0 Å². The Morgan fingerprint density at radius 2 is 2.25 bits per heavy atom. The summed E-state index contributed by atoms with van der Waals surface area (Å²) in [7, 11) is 0. The molecule has 1 N–H and O–H groups in total. The van der Waals surface area contributed by atoms with Gasteiger partial charge in [0.1, 0.15) is 0 Å². The summed E-state index contributed by atoms with van der Waals surface area (Å²) in [5.74, 6) is 0.521. The molecule has 126 valence electrons. The summed E-state index contributed by atoms with van der Waals surface area (Å²) in [5.41, 5.74) is 3.95. The summed E-state index contributed by atoms with van der Waals surface area (Å²) >= 11 is 0. The molecule has 0 unspecified atom stereocenters. The van der Waals surface area contributed by atoms with Crippen LogP contribution < -0.4 is 5.32 Å². The van der Waals surface area contributed by atoms with Crippen LogP contribution in [0.25, 0.3) is 0 Å². The van der Waals surface area contributed by atoms with E-state index in [1.165, 1.54) is 0 Å². The maximum absolute atomic E-state index is 12.5. The Hall–Kier alpha value is -2.14. The normalized spacial score (nSPS) is 25.2. The third kappa shape index (κ3) is 2.84. The van der Waals surface area contributed by atoms with Gasteiger partial charge in [0, 0.05) is 29.8 Å². The highest BCUT2D eigenvalue weighted by atomic mass is 16.5. The zero-order chi connectivity index (χ0) is 16.7. The first kappa shape index (κ1) is 15.4. The molecule has 2 fully saturated rings. The van der Waals surface area contributed by atoms with Gasteiger partial charge in [-0.1, -0.05) is 12.1 Å². The molecule has 3 atom stereocenters. The van der Waals surface area contributed by atoms with Crippen molar-refractivity contribution in [3.63, 3.8) is 0 Å². The number of carbonyl (C=O) groups excluding carboxylic acids is 1. The van der Waals surface area contributed by atoms with Crippen molar-refractivity contribution in [3.05, 3.63) is 52.8 Å². The molecule has 1 aliphatic carbocycles. The Bertz CT molecular complexity index is 768. The van der Waals surface area contributed by atoms with E-state index >= 15 is 0 Å². The average molecular weight is 325 g/mol. The number of ether oxygens (including phenoxy) is 1. The maximum Gasteiger partial charge on any atom is 0.251 e. The van der Waals surface area contributed by atoms with Crippen LogP contribution in [-0.4, -0.2) is 34.4 Å². The fraction of sp³-hybridized carbons (Fsp3) is 0.474. The Kier molecular flexibility index (Phi) is 3.88. The third-order valence-electron chi connectivity index (χ3n) is 5.21. The minimum atomic E-state index is 0.0144. The van der Waals surface area contributed by atoms with Gasteiger partial charge in [-0.15, -0.1) is 0 Å². The highest BCUT2D eigenvalue weighted by molar-refractivity contribution is 5.94. The molecule has 1 aromatic heterocycles. The van der Waals surface area contributed by atoms with E-state index in [9.17, 15) is 4.79 Å². The molecule has 24 heavy (non-hydrogen) atoms. The summed E-state index contributed by atoms with van der Waals surface area (Å²) in [5, 5.41) is 7.66. The van der Waals surface area contributed by atoms with Gasteiger partial charge < -0.3 is 10.1 Å². The van der Waals surface area contributed by atoms with Crippen LogP contribution in [0.15, 0.2) is 30.3 Å². The van der Waals surface area contributed by atoms with Crippen LogP contribution in [-0.2, 0) is 11.3 Å². The van der Waals surface area contributed by atoms with Gasteiger partial charge in [0.2, 0.25) is 0 Å². The molecule has 1 saturated heterocycles. The molecule has 2 heterocycles. The van der Waals surface area contributed by atoms with Crippen LogP contribution in [0.3, 0.4) is 0 Å². The van der Waals surface area contributed by atoms with Gasteiger partial charge in [-0.3, -0.25) is 9.48 Å². The fourth-order valence-corrected chi connectivity index (χ4v) is 3.83. The van der Waals surface area contributed by atoms with Gasteiger partial charge in [-0.2, -0.15) is 5.10 Å². The number of rotatable bonds is 4. The molecule has 5 heteroatoms.